The first kappa shape index (κ1) is 16.9. The van der Waals surface area contributed by atoms with Gasteiger partial charge in [0.15, 0.2) is 5.54 Å². The summed E-state index contributed by atoms with van der Waals surface area (Å²) in [6.45, 7) is 0. The van der Waals surface area contributed by atoms with E-state index in [2.05, 4.69) is 95.0 Å². The quantitative estimate of drug-likeness (QED) is 0.769. The van der Waals surface area contributed by atoms with Crippen molar-refractivity contribution in [3.05, 3.63) is 77.6 Å². The third-order valence-corrected chi connectivity index (χ3v) is 5.81. The van der Waals surface area contributed by atoms with Gasteiger partial charge in [-0.15, -0.1) is 5.10 Å². The Bertz CT molecular complexity index is 796. The lowest BCUT2D eigenvalue weighted by Crippen LogP contribution is -3.13. The van der Waals surface area contributed by atoms with Gasteiger partial charge in [0, 0.05) is 12.8 Å². The van der Waals surface area contributed by atoms with Crippen LogP contribution in [0.4, 0.5) is 0 Å². The number of hydrogen-bond donors (Lipinski definition) is 1. The Kier molecular flexibility index (Phi) is 4.55. The lowest BCUT2D eigenvalue weighted by atomic mass is 9.93. The third-order valence-electron chi connectivity index (χ3n) is 5.81. The summed E-state index contributed by atoms with van der Waals surface area (Å²) in [7, 11) is 4.45. The Balaban J connectivity index is 1.88. The van der Waals surface area contributed by atoms with E-state index in [0.29, 0.717) is 0 Å². The van der Waals surface area contributed by atoms with E-state index >= 15 is 0 Å². The highest BCUT2D eigenvalue weighted by Crippen LogP contribution is 2.37. The summed E-state index contributed by atoms with van der Waals surface area (Å²) in [4.78, 5) is 1.41. The average Bonchev–Trinajstić information content (AvgIpc) is 3.34. The first-order valence-electron chi connectivity index (χ1n) is 9.41. The minimum Gasteiger partial charge on any atom is -0.329 e. The fourth-order valence-electron chi connectivity index (χ4n) is 4.35. The van der Waals surface area contributed by atoms with Crippen LogP contribution in [-0.4, -0.2) is 34.3 Å². The van der Waals surface area contributed by atoms with Gasteiger partial charge >= 0.3 is 0 Å². The zero-order valence-corrected chi connectivity index (χ0v) is 15.5. The number of nitrogens with one attached hydrogen (secondary N) is 1. The van der Waals surface area contributed by atoms with Crippen molar-refractivity contribution in [3.8, 4) is 0 Å². The molecule has 26 heavy (non-hydrogen) atoms. The second-order valence-corrected chi connectivity index (χ2v) is 7.46. The van der Waals surface area contributed by atoms with Crippen LogP contribution in [0.3, 0.4) is 0 Å². The predicted octanol–water partition coefficient (Wildman–Crippen LogP) is 2.22. The molecule has 1 N–H and O–H groups in total. The van der Waals surface area contributed by atoms with E-state index in [1.54, 1.807) is 0 Å². The average molecular weight is 348 g/mol. The van der Waals surface area contributed by atoms with Gasteiger partial charge in [-0.1, -0.05) is 60.7 Å². The number of benzene rings is 2. The van der Waals surface area contributed by atoms with Crippen LogP contribution in [0.15, 0.2) is 60.7 Å². The molecule has 0 saturated heterocycles. The summed E-state index contributed by atoms with van der Waals surface area (Å²) >= 11 is 0. The molecule has 0 spiro atoms. The molecule has 0 atom stereocenters. The molecule has 0 bridgehead atoms. The molecule has 0 amide bonds. The largest absolute Gasteiger partial charge is 0.329 e. The Morgan fingerprint density at radius 3 is 1.92 bits per heavy atom. The van der Waals surface area contributed by atoms with Crippen molar-refractivity contribution in [2.24, 2.45) is 0 Å². The Labute approximate surface area is 154 Å². The lowest BCUT2D eigenvalue weighted by molar-refractivity contribution is -0.924. The summed E-state index contributed by atoms with van der Waals surface area (Å²) in [6.07, 6.45) is 4.73. The van der Waals surface area contributed by atoms with Gasteiger partial charge in [-0.2, -0.15) is 0 Å². The highest BCUT2D eigenvalue weighted by molar-refractivity contribution is 5.33. The number of hydrogen-bond acceptors (Lipinski definition) is 3. The molecule has 5 nitrogen and oxygen atoms in total. The summed E-state index contributed by atoms with van der Waals surface area (Å²) in [5.74, 6) is 1.01. The topological polar surface area (TPSA) is 48.0 Å². The molecule has 0 radical (unpaired) electrons. The molecule has 2 aromatic carbocycles. The maximum atomic E-state index is 4.54. The first-order chi connectivity index (χ1) is 12.7. The van der Waals surface area contributed by atoms with Crippen molar-refractivity contribution in [3.63, 3.8) is 0 Å². The summed E-state index contributed by atoms with van der Waals surface area (Å²) in [5, 5.41) is 13.1. The summed E-state index contributed by atoms with van der Waals surface area (Å²) < 4.78 is 2.06. The predicted molar refractivity (Wildman–Crippen MR) is 101 cm³/mol. The maximum Gasteiger partial charge on any atom is 0.213 e. The van der Waals surface area contributed by atoms with Crippen LogP contribution >= 0.6 is 0 Å². The highest BCUT2D eigenvalue weighted by atomic mass is 15.6. The number of tetrazole rings is 1. The molecule has 5 heteroatoms. The first-order valence-corrected chi connectivity index (χ1v) is 9.41. The molecule has 4 rings (SSSR count). The van der Waals surface area contributed by atoms with Crippen molar-refractivity contribution in [2.75, 3.05) is 14.1 Å². The molecule has 3 aromatic rings. The second-order valence-electron chi connectivity index (χ2n) is 7.46. The number of quaternary nitrogens is 1. The van der Waals surface area contributed by atoms with Crippen molar-refractivity contribution in [2.45, 2.75) is 37.3 Å². The van der Waals surface area contributed by atoms with E-state index < -0.39 is 0 Å². The Morgan fingerprint density at radius 1 is 0.885 bits per heavy atom. The smallest absolute Gasteiger partial charge is 0.213 e. The fourth-order valence-corrected chi connectivity index (χ4v) is 4.35. The minimum atomic E-state index is -0.0146. The third kappa shape index (κ3) is 2.82. The molecule has 1 aliphatic carbocycles. The molecular formula is C21H26N5+. The highest BCUT2D eigenvalue weighted by Gasteiger charge is 2.47. The van der Waals surface area contributed by atoms with Crippen LogP contribution in [0.1, 0.15) is 48.7 Å². The van der Waals surface area contributed by atoms with Crippen LogP contribution < -0.4 is 4.90 Å². The SMILES string of the molecule is C[NH+](C)C1(c2nnnn2C(c2ccccc2)c2ccccc2)CCCC1. The van der Waals surface area contributed by atoms with Gasteiger partial charge in [0.1, 0.15) is 6.04 Å². The summed E-state index contributed by atoms with van der Waals surface area (Å²) in [6, 6.07) is 21.0. The van der Waals surface area contributed by atoms with Crippen molar-refractivity contribution in [1.82, 2.24) is 20.2 Å². The standard InChI is InChI=1S/C21H25N5/c1-25(2)21(15-9-10-16-21)20-22-23-24-26(20)19(17-11-5-3-6-12-17)18-13-7-4-8-14-18/h3-8,11-14,19H,9-10,15-16H2,1-2H3/p+1. The van der Waals surface area contributed by atoms with Gasteiger partial charge < -0.3 is 4.90 Å². The van der Waals surface area contributed by atoms with E-state index in [1.807, 2.05) is 0 Å². The Hall–Kier alpha value is -2.53. The molecule has 1 aromatic heterocycles. The summed E-state index contributed by atoms with van der Waals surface area (Å²) in [5.41, 5.74) is 2.40. The van der Waals surface area contributed by atoms with Gasteiger partial charge in [0.05, 0.1) is 14.1 Å². The van der Waals surface area contributed by atoms with Gasteiger partial charge in [0.2, 0.25) is 5.82 Å². The molecule has 1 aliphatic rings. The molecular weight excluding hydrogens is 322 g/mol. The lowest BCUT2D eigenvalue weighted by Gasteiger charge is -2.33. The molecule has 0 unspecified atom stereocenters. The number of nitrogens with zero attached hydrogens (tertiary/aromatic N) is 4. The van der Waals surface area contributed by atoms with Crippen molar-refractivity contribution >= 4 is 0 Å². The molecule has 1 fully saturated rings. The van der Waals surface area contributed by atoms with Gasteiger partial charge in [-0.05, 0) is 34.4 Å². The van der Waals surface area contributed by atoms with Crippen molar-refractivity contribution < 1.29 is 4.90 Å². The number of rotatable bonds is 5. The Morgan fingerprint density at radius 2 is 1.42 bits per heavy atom. The van der Waals surface area contributed by atoms with E-state index in [4.69, 9.17) is 0 Å². The monoisotopic (exact) mass is 348 g/mol. The van der Waals surface area contributed by atoms with Gasteiger partial charge in [-0.3, -0.25) is 0 Å². The van der Waals surface area contributed by atoms with Crippen LogP contribution in [0, 0.1) is 0 Å². The zero-order valence-electron chi connectivity index (χ0n) is 15.5. The molecule has 0 aliphatic heterocycles. The second kappa shape index (κ2) is 7.00. The molecule has 1 heterocycles. The number of aromatic nitrogens is 4. The van der Waals surface area contributed by atoms with E-state index in [0.717, 1.165) is 18.7 Å². The zero-order chi connectivity index (χ0) is 18.0. The normalized spacial score (nSPS) is 16.5. The van der Waals surface area contributed by atoms with Crippen LogP contribution in [0.25, 0.3) is 0 Å². The molecule has 1 saturated carbocycles. The van der Waals surface area contributed by atoms with Crippen LogP contribution in [-0.2, 0) is 5.54 Å². The fraction of sp³-hybridized carbons (Fsp3) is 0.381. The van der Waals surface area contributed by atoms with Gasteiger partial charge in [-0.25, -0.2) is 4.68 Å². The van der Waals surface area contributed by atoms with E-state index in [9.17, 15) is 0 Å². The maximum absolute atomic E-state index is 4.54. The van der Waals surface area contributed by atoms with E-state index in [1.165, 1.54) is 28.9 Å². The van der Waals surface area contributed by atoms with Crippen molar-refractivity contribution in [1.29, 1.82) is 0 Å². The molecule has 134 valence electrons. The van der Waals surface area contributed by atoms with Crippen LogP contribution in [0.5, 0.6) is 0 Å². The van der Waals surface area contributed by atoms with E-state index in [-0.39, 0.29) is 11.6 Å². The van der Waals surface area contributed by atoms with Crippen LogP contribution in [0.2, 0.25) is 0 Å². The van der Waals surface area contributed by atoms with Gasteiger partial charge in [0.25, 0.3) is 0 Å². The minimum absolute atomic E-state index is 0.00862.